The zero-order valence-corrected chi connectivity index (χ0v) is 15.2. The minimum Gasteiger partial charge on any atom is -0.501 e. The summed E-state index contributed by atoms with van der Waals surface area (Å²) in [5.41, 5.74) is -1.60. The van der Waals surface area contributed by atoms with Gasteiger partial charge in [0, 0.05) is 0 Å². The van der Waals surface area contributed by atoms with Crippen molar-refractivity contribution in [3.63, 3.8) is 0 Å². The molecule has 27 heavy (non-hydrogen) atoms. The van der Waals surface area contributed by atoms with Crippen LogP contribution in [0.5, 0.6) is 5.75 Å². The van der Waals surface area contributed by atoms with E-state index in [0.29, 0.717) is 11.4 Å². The van der Waals surface area contributed by atoms with E-state index in [1.165, 1.54) is 6.33 Å². The number of fused-ring (bicyclic) bond motifs is 1. The quantitative estimate of drug-likeness (QED) is 0.535. The molecule has 0 saturated heterocycles. The molecule has 11 heteroatoms. The van der Waals surface area contributed by atoms with E-state index in [2.05, 4.69) is 15.0 Å². The molecule has 3 aromatic rings. The van der Waals surface area contributed by atoms with E-state index < -0.39 is 38.1 Å². The summed E-state index contributed by atoms with van der Waals surface area (Å²) in [4.78, 5) is 35.3. The van der Waals surface area contributed by atoms with Crippen LogP contribution >= 0.6 is 11.6 Å². The van der Waals surface area contributed by atoms with Gasteiger partial charge in [-0.05, 0) is 12.8 Å². The molecule has 0 aromatic carbocycles. The lowest BCUT2D eigenvalue weighted by molar-refractivity contribution is -0.387. The Kier molecular flexibility index (Phi) is 4.52. The summed E-state index contributed by atoms with van der Waals surface area (Å²) >= 11 is 5.92. The van der Waals surface area contributed by atoms with Crippen molar-refractivity contribution in [3.8, 4) is 11.4 Å². The largest absolute Gasteiger partial charge is 0.501 e. The molecule has 3 aromatic heterocycles. The fourth-order valence-corrected chi connectivity index (χ4v) is 3.04. The maximum Gasteiger partial charge on any atom is 0.376 e. The second kappa shape index (κ2) is 6.54. The highest BCUT2D eigenvalue weighted by atomic mass is 35.5. The Balaban J connectivity index is 2.66. The second-order valence-corrected chi connectivity index (χ2v) is 6.44. The van der Waals surface area contributed by atoms with Crippen LogP contribution in [-0.2, 0) is 0 Å². The number of pyridine rings is 2. The molecule has 140 valence electrons. The molecule has 0 radical (unpaired) electrons. The van der Waals surface area contributed by atoms with E-state index in [-0.39, 0.29) is 17.3 Å². The van der Waals surface area contributed by atoms with E-state index in [0.717, 1.165) is 10.8 Å². The van der Waals surface area contributed by atoms with E-state index in [1.807, 2.05) is 13.8 Å². The normalized spacial score (nSPS) is 11.3. The van der Waals surface area contributed by atoms with Gasteiger partial charge in [0.05, 0.1) is 38.6 Å². The average molecular weight is 394 g/mol. The number of aromatic hydroxyl groups is 1. The van der Waals surface area contributed by atoms with Gasteiger partial charge in [-0.1, -0.05) is 25.4 Å². The number of nitrogens with zero attached hydrogens (tertiary/aromatic N) is 5. The first-order valence-electron chi connectivity index (χ1n) is 7.74. The second-order valence-electron chi connectivity index (χ2n) is 6.06. The van der Waals surface area contributed by atoms with Crippen molar-refractivity contribution in [2.24, 2.45) is 0 Å². The number of hydrogen-bond acceptors (Lipinski definition) is 7. The van der Waals surface area contributed by atoms with Crippen LogP contribution in [0.4, 0.5) is 10.1 Å². The summed E-state index contributed by atoms with van der Waals surface area (Å²) in [6, 6.07) is 0. The minimum absolute atomic E-state index is 0.167. The SMILES string of the molecule is Cc1ncnc(C(C)C)c1-n1c(=O)c([N+](=O)[O-])c(O)c2c(Cl)c(F)cnc21. The Morgan fingerprint density at radius 2 is 2.00 bits per heavy atom. The first kappa shape index (κ1) is 18.6. The monoisotopic (exact) mass is 393 g/mol. The molecule has 0 fully saturated rings. The lowest BCUT2D eigenvalue weighted by Crippen LogP contribution is -2.25. The van der Waals surface area contributed by atoms with Crippen LogP contribution in [0.15, 0.2) is 17.3 Å². The summed E-state index contributed by atoms with van der Waals surface area (Å²) in [6.07, 6.45) is 2.07. The first-order valence-corrected chi connectivity index (χ1v) is 8.12. The van der Waals surface area contributed by atoms with E-state index in [4.69, 9.17) is 11.6 Å². The molecular weight excluding hydrogens is 381 g/mol. The highest BCUT2D eigenvalue weighted by Gasteiger charge is 2.31. The summed E-state index contributed by atoms with van der Waals surface area (Å²) in [7, 11) is 0. The zero-order valence-electron chi connectivity index (χ0n) is 14.4. The Bertz CT molecular complexity index is 1160. The van der Waals surface area contributed by atoms with Crippen LogP contribution in [0.3, 0.4) is 0 Å². The van der Waals surface area contributed by atoms with Gasteiger partial charge in [0.1, 0.15) is 6.33 Å². The molecule has 0 bridgehead atoms. The lowest BCUT2D eigenvalue weighted by Gasteiger charge is -2.17. The van der Waals surface area contributed by atoms with Crippen molar-refractivity contribution in [1.82, 2.24) is 19.5 Å². The van der Waals surface area contributed by atoms with E-state index in [1.54, 1.807) is 6.92 Å². The van der Waals surface area contributed by atoms with Crippen LogP contribution in [-0.4, -0.2) is 29.5 Å². The number of nitro groups is 1. The number of aromatic nitrogens is 4. The molecule has 0 aliphatic rings. The third-order valence-electron chi connectivity index (χ3n) is 4.02. The van der Waals surface area contributed by atoms with Crippen molar-refractivity contribution in [2.45, 2.75) is 26.7 Å². The van der Waals surface area contributed by atoms with Gasteiger partial charge in [-0.25, -0.2) is 19.3 Å². The molecule has 0 aliphatic carbocycles. The van der Waals surface area contributed by atoms with Crippen LogP contribution in [0, 0.1) is 22.9 Å². The van der Waals surface area contributed by atoms with Gasteiger partial charge in [-0.15, -0.1) is 0 Å². The van der Waals surface area contributed by atoms with Crippen molar-refractivity contribution in [1.29, 1.82) is 0 Å². The summed E-state index contributed by atoms with van der Waals surface area (Å²) in [6.45, 7) is 5.21. The molecule has 9 nitrogen and oxygen atoms in total. The average Bonchev–Trinajstić information content (AvgIpc) is 2.58. The first-order chi connectivity index (χ1) is 12.7. The minimum atomic E-state index is -1.15. The Hall–Kier alpha value is -3.14. The van der Waals surface area contributed by atoms with Gasteiger partial charge < -0.3 is 5.11 Å². The highest BCUT2D eigenvalue weighted by Crippen LogP contribution is 2.38. The topological polar surface area (TPSA) is 124 Å². The van der Waals surface area contributed by atoms with Crippen LogP contribution in [0.1, 0.15) is 31.2 Å². The van der Waals surface area contributed by atoms with Crippen LogP contribution < -0.4 is 5.56 Å². The molecule has 0 spiro atoms. The predicted octanol–water partition coefficient (Wildman–Crippen LogP) is 3.01. The Morgan fingerprint density at radius 3 is 2.59 bits per heavy atom. The molecule has 0 atom stereocenters. The van der Waals surface area contributed by atoms with Gasteiger partial charge in [0.2, 0.25) is 5.75 Å². The van der Waals surface area contributed by atoms with E-state index in [9.17, 15) is 24.4 Å². The molecule has 3 heterocycles. The molecule has 0 amide bonds. The van der Waals surface area contributed by atoms with Gasteiger partial charge in [0.25, 0.3) is 0 Å². The number of halogens is 2. The van der Waals surface area contributed by atoms with Crippen LogP contribution in [0.2, 0.25) is 5.02 Å². The van der Waals surface area contributed by atoms with Crippen molar-refractivity contribution >= 4 is 28.3 Å². The smallest absolute Gasteiger partial charge is 0.376 e. The zero-order chi connectivity index (χ0) is 20.0. The summed E-state index contributed by atoms with van der Waals surface area (Å²) in [5.74, 6) is -2.22. The maximum atomic E-state index is 13.9. The molecular formula is C16H13ClFN5O4. The highest BCUT2D eigenvalue weighted by molar-refractivity contribution is 6.36. The van der Waals surface area contributed by atoms with Crippen molar-refractivity contribution in [2.75, 3.05) is 0 Å². The molecule has 0 saturated carbocycles. The van der Waals surface area contributed by atoms with Gasteiger partial charge in [0.15, 0.2) is 11.5 Å². The number of hydrogen-bond donors (Lipinski definition) is 1. The van der Waals surface area contributed by atoms with Gasteiger partial charge >= 0.3 is 11.2 Å². The fraction of sp³-hybridized carbons (Fsp3) is 0.250. The third-order valence-corrected chi connectivity index (χ3v) is 4.39. The third kappa shape index (κ3) is 2.78. The lowest BCUT2D eigenvalue weighted by atomic mass is 10.1. The Labute approximate surface area is 156 Å². The summed E-state index contributed by atoms with van der Waals surface area (Å²) in [5, 5.41) is 20.6. The van der Waals surface area contributed by atoms with Gasteiger partial charge in [-0.2, -0.15) is 0 Å². The van der Waals surface area contributed by atoms with Crippen molar-refractivity contribution < 1.29 is 14.4 Å². The van der Waals surface area contributed by atoms with E-state index >= 15 is 0 Å². The maximum absolute atomic E-state index is 13.9. The molecule has 0 aliphatic heterocycles. The van der Waals surface area contributed by atoms with Gasteiger partial charge in [-0.3, -0.25) is 19.5 Å². The summed E-state index contributed by atoms with van der Waals surface area (Å²) < 4.78 is 14.8. The fourth-order valence-electron chi connectivity index (χ4n) is 2.81. The number of aryl methyl sites for hydroxylation is 1. The number of rotatable bonds is 3. The predicted molar refractivity (Wildman–Crippen MR) is 95.0 cm³/mol. The van der Waals surface area contributed by atoms with Crippen molar-refractivity contribution in [3.05, 3.63) is 55.2 Å². The standard InChI is InChI=1S/C16H13ClFN5O4/c1-6(2)11-12(7(3)20-5-21-11)22-15-9(10(17)8(18)4-19-15)14(24)13(16(22)25)23(26)27/h4-6,24H,1-3H3. The Morgan fingerprint density at radius 1 is 1.33 bits per heavy atom. The molecule has 0 unspecified atom stereocenters. The van der Waals surface area contributed by atoms with Crippen LogP contribution in [0.25, 0.3) is 16.7 Å². The molecule has 3 rings (SSSR count). The molecule has 1 N–H and O–H groups in total.